The van der Waals surface area contributed by atoms with Crippen molar-refractivity contribution in [3.8, 4) is 11.3 Å². The highest BCUT2D eigenvalue weighted by molar-refractivity contribution is 5.61. The number of aliphatic hydroxyl groups excluding tert-OH is 1. The zero-order valence-corrected chi connectivity index (χ0v) is 11.0. The van der Waals surface area contributed by atoms with E-state index in [0.29, 0.717) is 12.2 Å². The van der Waals surface area contributed by atoms with Crippen molar-refractivity contribution >= 4 is 0 Å². The van der Waals surface area contributed by atoms with Gasteiger partial charge in [-0.2, -0.15) is 0 Å². The van der Waals surface area contributed by atoms with Crippen molar-refractivity contribution in [2.24, 2.45) is 0 Å². The van der Waals surface area contributed by atoms with Gasteiger partial charge in [0, 0.05) is 5.56 Å². The van der Waals surface area contributed by atoms with Gasteiger partial charge in [-0.3, -0.25) is 0 Å². The molecule has 0 saturated heterocycles. The van der Waals surface area contributed by atoms with Crippen LogP contribution in [0.15, 0.2) is 60.7 Å². The normalized spacial score (nSPS) is 10.7. The lowest BCUT2D eigenvalue weighted by molar-refractivity contribution is 0.277. The number of benzene rings is 2. The molecule has 0 unspecified atom stereocenters. The molecule has 0 bridgehead atoms. The standard InChI is InChI=1S/C16H15N3O/c20-12-15-16(14-9-5-2-6-10-14)19(18-17-15)11-13-7-3-1-4-8-13/h1-10,20H,11-12H2. The van der Waals surface area contributed by atoms with Crippen LogP contribution in [0.25, 0.3) is 11.3 Å². The average Bonchev–Trinajstić information content (AvgIpc) is 2.92. The number of hydrogen-bond acceptors (Lipinski definition) is 3. The maximum Gasteiger partial charge on any atom is 0.116 e. The fourth-order valence-electron chi connectivity index (χ4n) is 2.23. The van der Waals surface area contributed by atoms with Crippen LogP contribution in [0.4, 0.5) is 0 Å². The third-order valence-corrected chi connectivity index (χ3v) is 3.18. The zero-order chi connectivity index (χ0) is 13.8. The molecule has 1 N–H and O–H groups in total. The Balaban J connectivity index is 2.02. The first-order valence-electron chi connectivity index (χ1n) is 6.51. The Kier molecular flexibility index (Phi) is 3.56. The lowest BCUT2D eigenvalue weighted by Gasteiger charge is -2.07. The Hall–Kier alpha value is -2.46. The van der Waals surface area contributed by atoms with Crippen LogP contribution in [0.3, 0.4) is 0 Å². The van der Waals surface area contributed by atoms with Gasteiger partial charge in [0.1, 0.15) is 5.69 Å². The van der Waals surface area contributed by atoms with Crippen LogP contribution < -0.4 is 0 Å². The van der Waals surface area contributed by atoms with Crippen LogP contribution in [0.2, 0.25) is 0 Å². The molecule has 3 aromatic rings. The molecular formula is C16H15N3O. The Labute approximate surface area is 117 Å². The molecule has 0 saturated carbocycles. The SMILES string of the molecule is OCc1nnn(Cc2ccccc2)c1-c1ccccc1. The van der Waals surface area contributed by atoms with Crippen LogP contribution >= 0.6 is 0 Å². The van der Waals surface area contributed by atoms with E-state index in [-0.39, 0.29) is 6.61 Å². The summed E-state index contributed by atoms with van der Waals surface area (Å²) in [6.07, 6.45) is 0. The van der Waals surface area contributed by atoms with E-state index in [1.807, 2.05) is 53.2 Å². The summed E-state index contributed by atoms with van der Waals surface area (Å²) in [5, 5.41) is 17.7. The van der Waals surface area contributed by atoms with Gasteiger partial charge in [0.2, 0.25) is 0 Å². The lowest BCUT2D eigenvalue weighted by atomic mass is 10.1. The predicted octanol–water partition coefficient (Wildman–Crippen LogP) is 2.49. The van der Waals surface area contributed by atoms with Gasteiger partial charge in [-0.25, -0.2) is 4.68 Å². The molecule has 4 nitrogen and oxygen atoms in total. The highest BCUT2D eigenvalue weighted by Crippen LogP contribution is 2.22. The summed E-state index contributed by atoms with van der Waals surface area (Å²) in [6.45, 7) is 0.525. The van der Waals surface area contributed by atoms with Crippen LogP contribution in [0.1, 0.15) is 11.3 Å². The summed E-state index contributed by atoms with van der Waals surface area (Å²) >= 11 is 0. The predicted molar refractivity (Wildman–Crippen MR) is 76.9 cm³/mol. The summed E-state index contributed by atoms with van der Waals surface area (Å²) in [7, 11) is 0. The average molecular weight is 265 g/mol. The lowest BCUT2D eigenvalue weighted by Crippen LogP contribution is -2.04. The minimum atomic E-state index is -0.112. The monoisotopic (exact) mass is 265 g/mol. The fraction of sp³-hybridized carbons (Fsp3) is 0.125. The van der Waals surface area contributed by atoms with Gasteiger partial charge in [-0.1, -0.05) is 65.9 Å². The van der Waals surface area contributed by atoms with Gasteiger partial charge in [0.05, 0.1) is 18.8 Å². The molecular weight excluding hydrogens is 250 g/mol. The first-order chi connectivity index (χ1) is 9.88. The van der Waals surface area contributed by atoms with Gasteiger partial charge in [-0.05, 0) is 5.56 Å². The number of aliphatic hydroxyl groups is 1. The van der Waals surface area contributed by atoms with Crippen molar-refractivity contribution in [1.82, 2.24) is 15.0 Å². The Morgan fingerprint density at radius 1 is 0.900 bits per heavy atom. The molecule has 0 aliphatic carbocycles. The summed E-state index contributed by atoms with van der Waals surface area (Å²) in [5.41, 5.74) is 3.64. The van der Waals surface area contributed by atoms with Gasteiger partial charge in [-0.15, -0.1) is 5.10 Å². The molecule has 100 valence electrons. The molecule has 4 heteroatoms. The van der Waals surface area contributed by atoms with Crippen molar-refractivity contribution in [2.45, 2.75) is 13.2 Å². The topological polar surface area (TPSA) is 50.9 Å². The quantitative estimate of drug-likeness (QED) is 0.788. The number of nitrogens with zero attached hydrogens (tertiary/aromatic N) is 3. The van der Waals surface area contributed by atoms with E-state index >= 15 is 0 Å². The maximum atomic E-state index is 9.44. The van der Waals surface area contributed by atoms with E-state index in [4.69, 9.17) is 0 Å². The summed E-state index contributed by atoms with van der Waals surface area (Å²) < 4.78 is 1.83. The third-order valence-electron chi connectivity index (χ3n) is 3.18. The number of hydrogen-bond donors (Lipinski definition) is 1. The summed E-state index contributed by atoms with van der Waals surface area (Å²) in [4.78, 5) is 0. The smallest absolute Gasteiger partial charge is 0.116 e. The molecule has 0 atom stereocenters. The Morgan fingerprint density at radius 2 is 1.55 bits per heavy atom. The first-order valence-corrected chi connectivity index (χ1v) is 6.51. The molecule has 20 heavy (non-hydrogen) atoms. The minimum Gasteiger partial charge on any atom is -0.390 e. The third kappa shape index (κ3) is 2.46. The zero-order valence-electron chi connectivity index (χ0n) is 11.0. The highest BCUT2D eigenvalue weighted by Gasteiger charge is 2.14. The van der Waals surface area contributed by atoms with Crippen LogP contribution in [0, 0.1) is 0 Å². The van der Waals surface area contributed by atoms with Crippen LogP contribution in [0.5, 0.6) is 0 Å². The molecule has 1 heterocycles. The molecule has 0 aliphatic rings. The van der Waals surface area contributed by atoms with Gasteiger partial charge in [0.15, 0.2) is 0 Å². The van der Waals surface area contributed by atoms with E-state index in [9.17, 15) is 5.11 Å². The number of rotatable bonds is 4. The molecule has 0 radical (unpaired) electrons. The largest absolute Gasteiger partial charge is 0.390 e. The molecule has 1 aromatic heterocycles. The van der Waals surface area contributed by atoms with Crippen molar-refractivity contribution in [3.05, 3.63) is 71.9 Å². The van der Waals surface area contributed by atoms with Gasteiger partial charge < -0.3 is 5.11 Å². The molecule has 3 rings (SSSR count). The van der Waals surface area contributed by atoms with E-state index in [1.54, 1.807) is 0 Å². The second kappa shape index (κ2) is 5.67. The molecule has 0 fully saturated rings. The van der Waals surface area contributed by atoms with Crippen LogP contribution in [-0.2, 0) is 13.2 Å². The number of aromatic nitrogens is 3. The summed E-state index contributed by atoms with van der Waals surface area (Å²) in [6, 6.07) is 20.0. The second-order valence-corrected chi connectivity index (χ2v) is 4.55. The van der Waals surface area contributed by atoms with E-state index in [2.05, 4.69) is 22.4 Å². The minimum absolute atomic E-state index is 0.112. The highest BCUT2D eigenvalue weighted by atomic mass is 16.3. The summed E-state index contributed by atoms with van der Waals surface area (Å²) in [5.74, 6) is 0. The first kappa shape index (κ1) is 12.6. The Morgan fingerprint density at radius 3 is 2.20 bits per heavy atom. The second-order valence-electron chi connectivity index (χ2n) is 4.55. The van der Waals surface area contributed by atoms with E-state index in [1.165, 1.54) is 0 Å². The Bertz CT molecular complexity index is 677. The molecule has 0 aliphatic heterocycles. The van der Waals surface area contributed by atoms with Crippen molar-refractivity contribution in [3.63, 3.8) is 0 Å². The molecule has 0 spiro atoms. The van der Waals surface area contributed by atoms with Crippen molar-refractivity contribution in [1.29, 1.82) is 0 Å². The van der Waals surface area contributed by atoms with Crippen molar-refractivity contribution in [2.75, 3.05) is 0 Å². The van der Waals surface area contributed by atoms with Crippen LogP contribution in [-0.4, -0.2) is 20.1 Å². The van der Waals surface area contributed by atoms with E-state index < -0.39 is 0 Å². The molecule has 0 amide bonds. The maximum absolute atomic E-state index is 9.44. The fourth-order valence-corrected chi connectivity index (χ4v) is 2.23. The van der Waals surface area contributed by atoms with Crippen molar-refractivity contribution < 1.29 is 5.11 Å². The van der Waals surface area contributed by atoms with E-state index in [0.717, 1.165) is 16.8 Å². The van der Waals surface area contributed by atoms with Gasteiger partial charge in [0.25, 0.3) is 0 Å². The molecule has 2 aromatic carbocycles. The van der Waals surface area contributed by atoms with Gasteiger partial charge >= 0.3 is 0 Å².